The minimum atomic E-state index is 0. The van der Waals surface area contributed by atoms with Crippen molar-refractivity contribution in [2.75, 3.05) is 13.1 Å². The number of hydrogen-bond acceptors (Lipinski definition) is 0. The molecule has 2 nitrogen and oxygen atoms in total. The summed E-state index contributed by atoms with van der Waals surface area (Å²) in [4.78, 5) is 0. The molecule has 0 aromatic heterocycles. The van der Waals surface area contributed by atoms with E-state index in [1.807, 2.05) is 0 Å². The molecule has 0 spiro atoms. The number of hydrogen-bond donors (Lipinski definition) is 2. The van der Waals surface area contributed by atoms with E-state index in [2.05, 4.69) is 11.1 Å². The van der Waals surface area contributed by atoms with E-state index in [-0.39, 0.29) is 24.8 Å². The summed E-state index contributed by atoms with van der Waals surface area (Å²) in [6, 6.07) is 0.741. The van der Waals surface area contributed by atoms with Crippen LogP contribution in [-0.2, 0) is 0 Å². The summed E-state index contributed by atoms with van der Waals surface area (Å²) in [5.41, 5.74) is 3.91. The highest BCUT2D eigenvalue weighted by Gasteiger charge is 2.14. The van der Waals surface area contributed by atoms with Gasteiger partial charge in [0.15, 0.2) is 0 Å². The van der Waals surface area contributed by atoms with E-state index < -0.39 is 0 Å². The van der Waals surface area contributed by atoms with Crippen LogP contribution in [-0.4, -0.2) is 19.1 Å². The summed E-state index contributed by atoms with van der Waals surface area (Å²) in [5.74, 6) is 0. The van der Waals surface area contributed by atoms with Crippen molar-refractivity contribution in [3.05, 3.63) is 0 Å². The molecule has 0 aromatic carbocycles. The first-order valence-corrected chi connectivity index (χ1v) is 2.54. The average molecular weight is 159 g/mol. The molecular weight excluding hydrogens is 147 g/mol. The Hall–Kier alpha value is 0.500. The first kappa shape index (κ1) is 11.3. The van der Waals surface area contributed by atoms with E-state index in [0.29, 0.717) is 0 Å². The Morgan fingerprint density at radius 3 is 2.12 bits per heavy atom. The summed E-state index contributed by atoms with van der Waals surface area (Å²) >= 11 is 0. The molecule has 1 rings (SSSR count). The summed E-state index contributed by atoms with van der Waals surface area (Å²) in [6.07, 6.45) is 1.32. The van der Waals surface area contributed by atoms with Crippen molar-refractivity contribution in [3.8, 4) is 0 Å². The van der Waals surface area contributed by atoms with Gasteiger partial charge in [-0.2, -0.15) is 0 Å². The van der Waals surface area contributed by atoms with Crippen molar-refractivity contribution < 1.29 is 35.9 Å². The van der Waals surface area contributed by atoms with Crippen LogP contribution in [0.1, 0.15) is 6.42 Å². The Kier molecular flexibility index (Phi) is 7.97. The fraction of sp³-hybridized carbons (Fsp3) is 1.00. The zero-order chi connectivity index (χ0) is 4.41. The Balaban J connectivity index is 0. The normalized spacial score (nSPS) is 25.9. The SMILES string of the molecule is [Cl-].[Cl-].[NH3+][C@H]1CC[NH2+]C1. The molecule has 1 aliphatic rings. The third-order valence-corrected chi connectivity index (χ3v) is 1.28. The van der Waals surface area contributed by atoms with E-state index >= 15 is 0 Å². The highest BCUT2D eigenvalue weighted by molar-refractivity contribution is 4.51. The van der Waals surface area contributed by atoms with E-state index in [1.165, 1.54) is 19.5 Å². The second-order valence-corrected chi connectivity index (χ2v) is 1.97. The maximum Gasteiger partial charge on any atom is 0.139 e. The van der Waals surface area contributed by atoms with Gasteiger partial charge in [-0.25, -0.2) is 0 Å². The maximum atomic E-state index is 3.91. The number of halogens is 2. The molecule has 5 N–H and O–H groups in total. The van der Waals surface area contributed by atoms with Gasteiger partial charge >= 0.3 is 0 Å². The first-order valence-electron chi connectivity index (χ1n) is 2.54. The van der Waals surface area contributed by atoms with Gasteiger partial charge < -0.3 is 35.9 Å². The fourth-order valence-corrected chi connectivity index (χ4v) is 0.825. The minimum absolute atomic E-state index is 0. The van der Waals surface area contributed by atoms with Gasteiger partial charge in [0.05, 0.1) is 13.0 Å². The molecule has 8 heavy (non-hydrogen) atoms. The molecule has 0 aromatic rings. The van der Waals surface area contributed by atoms with Crippen LogP contribution >= 0.6 is 0 Å². The number of rotatable bonds is 0. The van der Waals surface area contributed by atoms with Crippen LogP contribution in [0.4, 0.5) is 0 Å². The van der Waals surface area contributed by atoms with Crippen LogP contribution in [0.2, 0.25) is 0 Å². The van der Waals surface area contributed by atoms with Gasteiger partial charge in [-0.1, -0.05) is 0 Å². The molecule has 0 saturated carbocycles. The lowest BCUT2D eigenvalue weighted by atomic mass is 10.3. The van der Waals surface area contributed by atoms with E-state index in [1.54, 1.807) is 0 Å². The molecule has 4 heteroatoms. The average Bonchev–Trinajstić information content (AvgIpc) is 1.86. The van der Waals surface area contributed by atoms with Gasteiger partial charge in [-0.15, -0.1) is 0 Å². The Morgan fingerprint density at radius 1 is 1.38 bits per heavy atom. The van der Waals surface area contributed by atoms with Crippen molar-refractivity contribution in [1.29, 1.82) is 0 Å². The van der Waals surface area contributed by atoms with E-state index in [4.69, 9.17) is 0 Å². The molecule has 0 bridgehead atoms. The molecule has 0 unspecified atom stereocenters. The molecule has 0 aliphatic carbocycles. The van der Waals surface area contributed by atoms with Gasteiger partial charge in [0.1, 0.15) is 12.6 Å². The number of quaternary nitrogens is 2. The second kappa shape index (κ2) is 5.63. The molecule has 1 atom stereocenters. The lowest BCUT2D eigenvalue weighted by molar-refractivity contribution is -0.649. The summed E-state index contributed by atoms with van der Waals surface area (Å²) in [6.45, 7) is 2.55. The smallest absolute Gasteiger partial charge is 0.139 e. The first-order chi connectivity index (χ1) is 2.89. The molecule has 1 fully saturated rings. The lowest BCUT2D eigenvalue weighted by Gasteiger charge is -1.83. The van der Waals surface area contributed by atoms with Crippen LogP contribution in [0.3, 0.4) is 0 Å². The van der Waals surface area contributed by atoms with Crippen LogP contribution in [0, 0.1) is 0 Å². The van der Waals surface area contributed by atoms with Crippen molar-refractivity contribution in [3.63, 3.8) is 0 Å². The van der Waals surface area contributed by atoms with Crippen LogP contribution < -0.4 is 35.9 Å². The topological polar surface area (TPSA) is 44.2 Å². The Labute approximate surface area is 62.0 Å². The van der Waals surface area contributed by atoms with Gasteiger partial charge in [-0.05, 0) is 0 Å². The highest BCUT2D eigenvalue weighted by Crippen LogP contribution is 1.79. The van der Waals surface area contributed by atoms with E-state index in [0.717, 1.165) is 6.04 Å². The second-order valence-electron chi connectivity index (χ2n) is 1.97. The summed E-state index contributed by atoms with van der Waals surface area (Å²) in [5, 5.41) is 2.32. The van der Waals surface area contributed by atoms with Gasteiger partial charge in [0.25, 0.3) is 0 Å². The van der Waals surface area contributed by atoms with Crippen LogP contribution in [0.15, 0.2) is 0 Å². The van der Waals surface area contributed by atoms with Gasteiger partial charge in [0, 0.05) is 0 Å². The van der Waals surface area contributed by atoms with Gasteiger partial charge in [-0.3, -0.25) is 0 Å². The minimum Gasteiger partial charge on any atom is -1.00 e. The molecule has 1 aliphatic heterocycles. The predicted octanol–water partition coefficient (Wildman–Crippen LogP) is -8.43. The predicted molar refractivity (Wildman–Crippen MR) is 23.0 cm³/mol. The standard InChI is InChI=1S/C4H10N2.2ClH/c5-4-1-2-6-3-4;;/h4,6H,1-3,5H2;2*1H/t4-;;/m0../s1. The molecular formula is C4H12Cl2N2. The Morgan fingerprint density at radius 2 is 2.00 bits per heavy atom. The monoisotopic (exact) mass is 158 g/mol. The summed E-state index contributed by atoms with van der Waals surface area (Å²) < 4.78 is 0. The zero-order valence-electron chi connectivity index (χ0n) is 4.74. The Bertz CT molecular complexity index is 45.3. The molecule has 52 valence electrons. The van der Waals surface area contributed by atoms with Crippen LogP contribution in [0.25, 0.3) is 0 Å². The number of nitrogens with two attached hydrogens (primary N) is 1. The van der Waals surface area contributed by atoms with Crippen LogP contribution in [0.5, 0.6) is 0 Å². The molecule has 1 saturated heterocycles. The largest absolute Gasteiger partial charge is 1.00 e. The highest BCUT2D eigenvalue weighted by atomic mass is 35.5. The molecule has 1 heterocycles. The summed E-state index contributed by atoms with van der Waals surface area (Å²) in [7, 11) is 0. The lowest BCUT2D eigenvalue weighted by Crippen LogP contribution is -3.00. The zero-order valence-corrected chi connectivity index (χ0v) is 6.25. The van der Waals surface area contributed by atoms with Crippen molar-refractivity contribution in [2.45, 2.75) is 12.5 Å². The molecule has 0 amide bonds. The van der Waals surface area contributed by atoms with Crippen molar-refractivity contribution in [1.82, 2.24) is 0 Å². The van der Waals surface area contributed by atoms with E-state index in [9.17, 15) is 0 Å². The quantitative estimate of drug-likeness (QED) is 0.352. The third kappa shape index (κ3) is 3.50. The van der Waals surface area contributed by atoms with Crippen molar-refractivity contribution in [2.24, 2.45) is 0 Å². The van der Waals surface area contributed by atoms with Gasteiger partial charge in [0.2, 0.25) is 0 Å². The fourth-order valence-electron chi connectivity index (χ4n) is 0.825. The molecule has 0 radical (unpaired) electrons. The third-order valence-electron chi connectivity index (χ3n) is 1.28. The maximum absolute atomic E-state index is 3.91. The van der Waals surface area contributed by atoms with Crippen molar-refractivity contribution >= 4 is 0 Å².